The zero-order valence-electron chi connectivity index (χ0n) is 14.4. The summed E-state index contributed by atoms with van der Waals surface area (Å²) in [4.78, 5) is 36.6. The molecular weight excluding hydrogens is 346 g/mol. The van der Waals surface area contributed by atoms with E-state index in [1.54, 1.807) is 24.3 Å². The summed E-state index contributed by atoms with van der Waals surface area (Å²) in [6.45, 7) is 0.504. The van der Waals surface area contributed by atoms with E-state index in [0.717, 1.165) is 21.4 Å². The maximum Gasteiger partial charge on any atom is 0.324 e. The zero-order valence-corrected chi connectivity index (χ0v) is 14.4. The third-order valence-corrected chi connectivity index (χ3v) is 4.39. The highest BCUT2D eigenvalue weighted by Gasteiger charge is 2.28. The number of carbonyl (C=O) groups is 3. The van der Waals surface area contributed by atoms with Crippen molar-refractivity contribution in [2.45, 2.75) is 13.1 Å². The minimum Gasteiger partial charge on any atom is -0.459 e. The van der Waals surface area contributed by atoms with Crippen LogP contribution >= 0.6 is 0 Å². The van der Waals surface area contributed by atoms with Crippen molar-refractivity contribution >= 4 is 28.8 Å². The Morgan fingerprint density at radius 2 is 1.89 bits per heavy atom. The van der Waals surface area contributed by atoms with Crippen molar-refractivity contribution in [3.63, 3.8) is 0 Å². The summed E-state index contributed by atoms with van der Waals surface area (Å²) in [7, 11) is 0. The molecule has 1 aliphatic heterocycles. The van der Waals surface area contributed by atoms with Crippen LogP contribution in [-0.2, 0) is 17.9 Å². The lowest BCUT2D eigenvalue weighted by atomic mass is 10.1. The highest BCUT2D eigenvalue weighted by Crippen LogP contribution is 2.18. The zero-order chi connectivity index (χ0) is 18.8. The van der Waals surface area contributed by atoms with Gasteiger partial charge in [0.1, 0.15) is 11.3 Å². The van der Waals surface area contributed by atoms with Gasteiger partial charge in [-0.05, 0) is 29.8 Å². The van der Waals surface area contributed by atoms with Gasteiger partial charge in [0, 0.05) is 10.9 Å². The largest absolute Gasteiger partial charge is 0.459 e. The highest BCUT2D eigenvalue weighted by molar-refractivity contribution is 6.01. The first kappa shape index (κ1) is 16.8. The summed E-state index contributed by atoms with van der Waals surface area (Å²) in [5, 5.41) is 6.29. The van der Waals surface area contributed by atoms with Gasteiger partial charge in [-0.15, -0.1) is 0 Å². The van der Waals surface area contributed by atoms with Crippen LogP contribution in [0.2, 0.25) is 0 Å². The van der Waals surface area contributed by atoms with Crippen LogP contribution in [0.1, 0.15) is 21.7 Å². The van der Waals surface area contributed by atoms with Gasteiger partial charge in [-0.3, -0.25) is 14.5 Å². The van der Waals surface area contributed by atoms with E-state index in [1.807, 2.05) is 30.3 Å². The molecule has 0 bridgehead atoms. The fourth-order valence-electron chi connectivity index (χ4n) is 2.95. The Bertz CT molecular complexity index is 974. The lowest BCUT2D eigenvalue weighted by Crippen LogP contribution is -2.30. The molecule has 1 aliphatic rings. The second-order valence-electron chi connectivity index (χ2n) is 6.27. The minimum atomic E-state index is -0.396. The molecule has 2 aromatic carbocycles. The van der Waals surface area contributed by atoms with Crippen LogP contribution in [0.4, 0.5) is 4.79 Å². The average molecular weight is 363 g/mol. The molecule has 1 aromatic heterocycles. The fourth-order valence-corrected chi connectivity index (χ4v) is 2.95. The lowest BCUT2D eigenvalue weighted by Gasteiger charge is -2.12. The van der Waals surface area contributed by atoms with E-state index in [9.17, 15) is 14.4 Å². The Balaban J connectivity index is 1.37. The SMILES string of the molecule is O=C(NCc1cc2ccccc2o1)c1ccc(CN2C(=O)CNC2=O)cc1. The van der Waals surface area contributed by atoms with Crippen molar-refractivity contribution in [2.75, 3.05) is 6.54 Å². The number of rotatable bonds is 5. The molecule has 0 radical (unpaired) electrons. The summed E-state index contributed by atoms with van der Waals surface area (Å²) in [6.07, 6.45) is 0. The highest BCUT2D eigenvalue weighted by atomic mass is 16.3. The van der Waals surface area contributed by atoms with Gasteiger partial charge in [-0.25, -0.2) is 4.79 Å². The molecule has 1 saturated heterocycles. The van der Waals surface area contributed by atoms with E-state index in [4.69, 9.17) is 4.42 Å². The average Bonchev–Trinajstić information content (AvgIpc) is 3.24. The smallest absolute Gasteiger partial charge is 0.324 e. The molecule has 4 amide bonds. The second-order valence-corrected chi connectivity index (χ2v) is 6.27. The number of para-hydroxylation sites is 1. The molecular formula is C20H17N3O4. The maximum atomic E-state index is 12.3. The summed E-state index contributed by atoms with van der Waals surface area (Å²) >= 11 is 0. The quantitative estimate of drug-likeness (QED) is 0.681. The number of nitrogens with one attached hydrogen (secondary N) is 2. The van der Waals surface area contributed by atoms with Crippen LogP contribution in [-0.4, -0.2) is 29.3 Å². The van der Waals surface area contributed by atoms with Crippen molar-refractivity contribution in [2.24, 2.45) is 0 Å². The normalized spacial score (nSPS) is 13.9. The van der Waals surface area contributed by atoms with E-state index >= 15 is 0 Å². The van der Waals surface area contributed by atoms with Crippen LogP contribution in [0.15, 0.2) is 59.0 Å². The van der Waals surface area contributed by atoms with Gasteiger partial charge in [0.2, 0.25) is 5.91 Å². The van der Waals surface area contributed by atoms with Gasteiger partial charge >= 0.3 is 6.03 Å². The number of fused-ring (bicyclic) bond motifs is 1. The maximum absolute atomic E-state index is 12.3. The molecule has 136 valence electrons. The predicted molar refractivity (Wildman–Crippen MR) is 97.8 cm³/mol. The topological polar surface area (TPSA) is 91.7 Å². The summed E-state index contributed by atoms with van der Waals surface area (Å²) in [5.74, 6) is 0.199. The Morgan fingerprint density at radius 3 is 2.59 bits per heavy atom. The summed E-state index contributed by atoms with van der Waals surface area (Å²) in [5.41, 5.74) is 2.05. The monoisotopic (exact) mass is 363 g/mol. The van der Waals surface area contributed by atoms with Crippen LogP contribution in [0, 0.1) is 0 Å². The predicted octanol–water partition coefficient (Wildman–Crippen LogP) is 2.41. The van der Waals surface area contributed by atoms with Gasteiger partial charge < -0.3 is 15.1 Å². The van der Waals surface area contributed by atoms with Gasteiger partial charge in [-0.2, -0.15) is 0 Å². The first-order valence-corrected chi connectivity index (χ1v) is 8.53. The van der Waals surface area contributed by atoms with E-state index in [1.165, 1.54) is 0 Å². The van der Waals surface area contributed by atoms with E-state index in [2.05, 4.69) is 10.6 Å². The van der Waals surface area contributed by atoms with Crippen molar-refractivity contribution in [1.82, 2.24) is 15.5 Å². The molecule has 0 atom stereocenters. The first-order valence-electron chi connectivity index (χ1n) is 8.53. The Hall–Kier alpha value is -3.61. The molecule has 4 rings (SSSR count). The number of furan rings is 1. The molecule has 2 heterocycles. The number of imide groups is 1. The molecule has 7 heteroatoms. The number of carbonyl (C=O) groups excluding carboxylic acids is 3. The van der Waals surface area contributed by atoms with Crippen LogP contribution < -0.4 is 10.6 Å². The van der Waals surface area contributed by atoms with E-state index < -0.39 is 6.03 Å². The van der Waals surface area contributed by atoms with Crippen LogP contribution in [0.25, 0.3) is 11.0 Å². The summed E-state index contributed by atoms with van der Waals surface area (Å²) in [6, 6.07) is 16.0. The minimum absolute atomic E-state index is 0.0289. The number of benzene rings is 2. The van der Waals surface area contributed by atoms with Crippen molar-refractivity contribution in [3.05, 3.63) is 71.5 Å². The number of hydrogen-bond donors (Lipinski definition) is 2. The van der Waals surface area contributed by atoms with Crippen molar-refractivity contribution < 1.29 is 18.8 Å². The number of hydrogen-bond acceptors (Lipinski definition) is 4. The third kappa shape index (κ3) is 3.52. The van der Waals surface area contributed by atoms with Gasteiger partial charge in [0.05, 0.1) is 19.6 Å². The Kier molecular flexibility index (Phi) is 4.33. The molecule has 0 saturated carbocycles. The first-order chi connectivity index (χ1) is 13.1. The number of nitrogens with zero attached hydrogens (tertiary/aromatic N) is 1. The van der Waals surface area contributed by atoms with E-state index in [0.29, 0.717) is 11.3 Å². The third-order valence-electron chi connectivity index (χ3n) is 4.39. The van der Waals surface area contributed by atoms with Gasteiger partial charge in [0.15, 0.2) is 0 Å². The molecule has 0 spiro atoms. The van der Waals surface area contributed by atoms with Gasteiger partial charge in [0.25, 0.3) is 5.91 Å². The molecule has 3 aromatic rings. The van der Waals surface area contributed by atoms with E-state index in [-0.39, 0.29) is 31.4 Å². The lowest BCUT2D eigenvalue weighted by molar-refractivity contribution is -0.125. The number of urea groups is 1. The molecule has 0 unspecified atom stereocenters. The number of amides is 4. The molecule has 27 heavy (non-hydrogen) atoms. The van der Waals surface area contributed by atoms with Gasteiger partial charge in [-0.1, -0.05) is 30.3 Å². The second kappa shape index (κ2) is 6.95. The Morgan fingerprint density at radius 1 is 1.11 bits per heavy atom. The van der Waals surface area contributed by atoms with Crippen LogP contribution in [0.5, 0.6) is 0 Å². The molecule has 7 nitrogen and oxygen atoms in total. The van der Waals surface area contributed by atoms with Crippen molar-refractivity contribution in [3.8, 4) is 0 Å². The summed E-state index contributed by atoms with van der Waals surface area (Å²) < 4.78 is 5.68. The molecule has 1 fully saturated rings. The van der Waals surface area contributed by atoms with Crippen LogP contribution in [0.3, 0.4) is 0 Å². The molecule has 2 N–H and O–H groups in total. The standard InChI is InChI=1S/C20H17N3O4/c24-18-11-22-20(26)23(18)12-13-5-7-14(8-6-13)19(25)21-10-16-9-15-3-1-2-4-17(15)27-16/h1-9H,10-12H2,(H,21,25)(H,22,26). The fraction of sp³-hybridized carbons (Fsp3) is 0.150. The molecule has 0 aliphatic carbocycles. The van der Waals surface area contributed by atoms with Crippen molar-refractivity contribution in [1.29, 1.82) is 0 Å². The Labute approximate surface area is 154 Å².